The predicted octanol–water partition coefficient (Wildman–Crippen LogP) is 1.56. The number of hydrogen-bond acceptors (Lipinski definition) is 2. The van der Waals surface area contributed by atoms with E-state index >= 15 is 0 Å². The number of carbonyl (C=O) groups excluding carboxylic acids is 1. The fourth-order valence-electron chi connectivity index (χ4n) is 0.480. The lowest BCUT2D eigenvalue weighted by molar-refractivity contribution is -0.143. The number of rotatable bonds is 1. The van der Waals surface area contributed by atoms with Crippen molar-refractivity contribution in [2.45, 2.75) is 34.6 Å². The number of carbonyl (C=O) groups is 1. The van der Waals surface area contributed by atoms with E-state index < -0.39 is 5.41 Å². The summed E-state index contributed by atoms with van der Waals surface area (Å²) in [5, 5.41) is 8.43. The summed E-state index contributed by atoms with van der Waals surface area (Å²) in [4.78, 5) is 11.1. The Hall–Kier alpha value is -0.570. The van der Waals surface area contributed by atoms with Crippen molar-refractivity contribution in [2.24, 2.45) is 10.8 Å². The minimum absolute atomic E-state index is 0.153. The summed E-state index contributed by atoms with van der Waals surface area (Å²) in [5.74, 6) is -0.343. The van der Waals surface area contributed by atoms with Gasteiger partial charge >= 0.3 is 0 Å². The molecule has 0 saturated carbocycles. The summed E-state index contributed by atoms with van der Waals surface area (Å²) in [5.41, 5.74) is 0.966. The van der Waals surface area contributed by atoms with Crippen molar-refractivity contribution in [3.8, 4) is 0 Å². The molecule has 0 heterocycles. The molecule has 0 bridgehead atoms. The molecule has 0 aromatic rings. The van der Waals surface area contributed by atoms with Crippen LogP contribution in [0.3, 0.4) is 0 Å². The number of hydrogen-bond donors (Lipinski definition) is 2. The zero-order valence-corrected chi connectivity index (χ0v) is 7.86. The summed E-state index contributed by atoms with van der Waals surface area (Å²) in [6.07, 6.45) is 0. The molecule has 1 amide bonds. The van der Waals surface area contributed by atoms with E-state index in [0.29, 0.717) is 0 Å². The van der Waals surface area contributed by atoms with Crippen molar-refractivity contribution in [2.75, 3.05) is 0 Å². The quantitative estimate of drug-likeness (QED) is 0.450. The molecular formula is C8H17NO2. The molecule has 0 spiro atoms. The fourth-order valence-corrected chi connectivity index (χ4v) is 0.480. The van der Waals surface area contributed by atoms with E-state index in [0.717, 1.165) is 0 Å². The molecule has 0 rings (SSSR count). The lowest BCUT2D eigenvalue weighted by atomic mass is 9.69. The number of amides is 1. The van der Waals surface area contributed by atoms with Crippen LogP contribution in [0.4, 0.5) is 0 Å². The van der Waals surface area contributed by atoms with Crippen LogP contribution in [0.15, 0.2) is 0 Å². The predicted molar refractivity (Wildman–Crippen MR) is 43.2 cm³/mol. The van der Waals surface area contributed by atoms with Gasteiger partial charge in [-0.2, -0.15) is 0 Å². The Balaban J connectivity index is 4.59. The molecule has 0 atom stereocenters. The third-order valence-corrected chi connectivity index (χ3v) is 2.54. The van der Waals surface area contributed by atoms with Crippen molar-refractivity contribution in [3.05, 3.63) is 0 Å². The Morgan fingerprint density at radius 1 is 1.18 bits per heavy atom. The third-order valence-electron chi connectivity index (χ3n) is 2.54. The average Bonchev–Trinajstić information content (AvgIpc) is 1.83. The lowest BCUT2D eigenvalue weighted by Crippen LogP contribution is -2.43. The first-order valence-electron chi connectivity index (χ1n) is 3.68. The zero-order valence-electron chi connectivity index (χ0n) is 7.86. The van der Waals surface area contributed by atoms with E-state index in [4.69, 9.17) is 5.21 Å². The molecule has 0 fully saturated rings. The van der Waals surface area contributed by atoms with Gasteiger partial charge in [-0.05, 0) is 5.41 Å². The lowest BCUT2D eigenvalue weighted by Gasteiger charge is -2.36. The smallest absolute Gasteiger partial charge is 0.249 e. The molecule has 66 valence electrons. The van der Waals surface area contributed by atoms with Gasteiger partial charge in [-0.15, -0.1) is 0 Å². The highest BCUT2D eigenvalue weighted by Crippen LogP contribution is 2.37. The fraction of sp³-hybridized carbons (Fsp3) is 0.875. The molecule has 0 radical (unpaired) electrons. The van der Waals surface area contributed by atoms with Gasteiger partial charge in [-0.3, -0.25) is 10.0 Å². The Morgan fingerprint density at radius 2 is 1.55 bits per heavy atom. The molecule has 0 aromatic heterocycles. The van der Waals surface area contributed by atoms with Crippen LogP contribution in [0, 0.1) is 10.8 Å². The van der Waals surface area contributed by atoms with Crippen LogP contribution in [0.25, 0.3) is 0 Å². The second-order valence-electron chi connectivity index (χ2n) is 4.32. The highest BCUT2D eigenvalue weighted by molar-refractivity contribution is 5.81. The van der Waals surface area contributed by atoms with Crippen molar-refractivity contribution in [1.29, 1.82) is 0 Å². The first-order chi connectivity index (χ1) is 4.73. The third kappa shape index (κ3) is 1.93. The Morgan fingerprint density at radius 3 is 1.64 bits per heavy atom. The monoisotopic (exact) mass is 159 g/mol. The zero-order chi connectivity index (χ0) is 9.28. The molecule has 0 aliphatic heterocycles. The summed E-state index contributed by atoms with van der Waals surface area (Å²) in [6, 6.07) is 0. The van der Waals surface area contributed by atoms with Gasteiger partial charge in [0, 0.05) is 0 Å². The first-order valence-corrected chi connectivity index (χ1v) is 3.68. The van der Waals surface area contributed by atoms with Gasteiger partial charge in [0.1, 0.15) is 0 Å². The van der Waals surface area contributed by atoms with Crippen LogP contribution in [0.2, 0.25) is 0 Å². The van der Waals surface area contributed by atoms with E-state index in [9.17, 15) is 4.79 Å². The van der Waals surface area contributed by atoms with Crippen molar-refractivity contribution < 1.29 is 10.0 Å². The van der Waals surface area contributed by atoms with Gasteiger partial charge in [0.2, 0.25) is 5.91 Å². The minimum atomic E-state index is -0.554. The maximum atomic E-state index is 11.1. The topological polar surface area (TPSA) is 49.3 Å². The van der Waals surface area contributed by atoms with Gasteiger partial charge in [0.05, 0.1) is 5.41 Å². The van der Waals surface area contributed by atoms with Crippen LogP contribution in [0.5, 0.6) is 0 Å². The second-order valence-corrected chi connectivity index (χ2v) is 4.32. The standard InChI is InChI=1S/C8H17NO2/c1-7(2,3)8(4,5)6(10)9-11/h11H,1-5H3,(H,9,10). The van der Waals surface area contributed by atoms with Gasteiger partial charge in [-0.25, -0.2) is 5.48 Å². The molecule has 3 heteroatoms. The Bertz CT molecular complexity index is 156. The van der Waals surface area contributed by atoms with E-state index in [2.05, 4.69) is 0 Å². The van der Waals surface area contributed by atoms with Gasteiger partial charge in [0.25, 0.3) is 0 Å². The largest absolute Gasteiger partial charge is 0.289 e. The van der Waals surface area contributed by atoms with Crippen molar-refractivity contribution in [1.82, 2.24) is 5.48 Å². The van der Waals surface area contributed by atoms with Crippen LogP contribution in [0.1, 0.15) is 34.6 Å². The molecular weight excluding hydrogens is 142 g/mol. The van der Waals surface area contributed by atoms with E-state index in [-0.39, 0.29) is 11.3 Å². The molecule has 0 saturated heterocycles. The maximum Gasteiger partial charge on any atom is 0.249 e. The second kappa shape index (κ2) is 2.81. The van der Waals surface area contributed by atoms with Gasteiger partial charge < -0.3 is 0 Å². The average molecular weight is 159 g/mol. The van der Waals surface area contributed by atoms with E-state index in [1.165, 1.54) is 0 Å². The molecule has 2 N–H and O–H groups in total. The number of nitrogens with one attached hydrogen (secondary N) is 1. The minimum Gasteiger partial charge on any atom is -0.289 e. The summed E-state index contributed by atoms with van der Waals surface area (Å²) in [7, 11) is 0. The molecule has 0 unspecified atom stereocenters. The van der Waals surface area contributed by atoms with E-state index in [1.807, 2.05) is 20.8 Å². The number of hydroxylamine groups is 1. The van der Waals surface area contributed by atoms with Crippen LogP contribution < -0.4 is 5.48 Å². The van der Waals surface area contributed by atoms with Gasteiger partial charge in [-0.1, -0.05) is 34.6 Å². The van der Waals surface area contributed by atoms with Crippen LogP contribution >= 0.6 is 0 Å². The maximum absolute atomic E-state index is 11.1. The Labute approximate surface area is 67.8 Å². The highest BCUT2D eigenvalue weighted by Gasteiger charge is 2.39. The molecule has 11 heavy (non-hydrogen) atoms. The van der Waals surface area contributed by atoms with Crippen LogP contribution in [-0.2, 0) is 4.79 Å². The summed E-state index contributed by atoms with van der Waals surface area (Å²) < 4.78 is 0. The van der Waals surface area contributed by atoms with Crippen molar-refractivity contribution >= 4 is 5.91 Å². The van der Waals surface area contributed by atoms with Crippen molar-refractivity contribution in [3.63, 3.8) is 0 Å². The highest BCUT2D eigenvalue weighted by atomic mass is 16.5. The normalized spacial score (nSPS) is 12.9. The molecule has 0 aromatic carbocycles. The molecule has 0 aliphatic rings. The SMILES string of the molecule is CC(C)(C)C(C)(C)C(=O)NO. The molecule has 0 aliphatic carbocycles. The van der Waals surface area contributed by atoms with E-state index in [1.54, 1.807) is 19.3 Å². The summed E-state index contributed by atoms with van der Waals surface area (Å²) >= 11 is 0. The first kappa shape index (κ1) is 10.4. The van der Waals surface area contributed by atoms with Crippen LogP contribution in [-0.4, -0.2) is 11.1 Å². The van der Waals surface area contributed by atoms with Gasteiger partial charge in [0.15, 0.2) is 0 Å². The summed E-state index contributed by atoms with van der Waals surface area (Å²) in [6.45, 7) is 9.49. The Kier molecular flexibility index (Phi) is 2.67. The molecule has 3 nitrogen and oxygen atoms in total.